The summed E-state index contributed by atoms with van der Waals surface area (Å²) in [6, 6.07) is 5.72. The van der Waals surface area contributed by atoms with Crippen LogP contribution in [0.3, 0.4) is 0 Å². The molecular weight excluding hydrogens is 812 g/mol. The number of aromatic nitrogens is 2. The zero-order valence-corrected chi connectivity index (χ0v) is 33.0. The molecule has 2 aromatic heterocycles. The number of amides is 4. The van der Waals surface area contributed by atoms with Gasteiger partial charge in [-0.2, -0.15) is 0 Å². The first-order valence-electron chi connectivity index (χ1n) is 19.2. The second-order valence-electron chi connectivity index (χ2n) is 14.8. The van der Waals surface area contributed by atoms with Gasteiger partial charge in [0.1, 0.15) is 34.4 Å². The van der Waals surface area contributed by atoms with E-state index in [9.17, 15) is 51.4 Å². The number of aromatic hydroxyl groups is 1. The van der Waals surface area contributed by atoms with E-state index in [2.05, 4.69) is 10.6 Å². The average Bonchev–Trinajstić information content (AvgIpc) is 3.21. The monoisotopic (exact) mass is 852 g/mol. The lowest BCUT2D eigenvalue weighted by Gasteiger charge is -2.44. The molecule has 0 radical (unpaired) electrons. The zero-order chi connectivity index (χ0) is 43.9. The average molecular weight is 853 g/mol. The highest BCUT2D eigenvalue weighted by Crippen LogP contribution is 2.31. The van der Waals surface area contributed by atoms with Crippen LogP contribution in [0.25, 0.3) is 0 Å². The number of nitrogens with one attached hydrogen (secondary N) is 2. The zero-order valence-electron chi connectivity index (χ0n) is 33.0. The molecule has 0 bridgehead atoms. The number of fused-ring (bicyclic) bond motifs is 4. The number of carbonyl (C=O) groups excluding carboxylic acids is 4. The fraction of sp³-hybridized carbons (Fsp3) is 0.366. The Bertz CT molecular complexity index is 2570. The summed E-state index contributed by atoms with van der Waals surface area (Å²) in [5, 5.41) is 15.2. The maximum atomic E-state index is 13.8. The van der Waals surface area contributed by atoms with Crippen molar-refractivity contribution in [2.45, 2.75) is 77.4 Å². The van der Waals surface area contributed by atoms with Crippen molar-refractivity contribution in [2.75, 3.05) is 20.3 Å². The minimum Gasteiger partial charge on any atom is -0.503 e. The summed E-state index contributed by atoms with van der Waals surface area (Å²) in [6.07, 6.45) is 2.70. The van der Waals surface area contributed by atoms with Gasteiger partial charge in [-0.05, 0) is 38.8 Å². The molecule has 6 heterocycles. The number of benzene rings is 2. The second kappa shape index (κ2) is 17.2. The lowest BCUT2D eigenvalue weighted by atomic mass is 10.1. The Balaban J connectivity index is 0.000000184. The van der Waals surface area contributed by atoms with E-state index < -0.39 is 81.5 Å². The Morgan fingerprint density at radius 3 is 1.62 bits per heavy atom. The van der Waals surface area contributed by atoms with Gasteiger partial charge in [0, 0.05) is 60.8 Å². The van der Waals surface area contributed by atoms with Crippen LogP contribution in [-0.2, 0) is 35.7 Å². The summed E-state index contributed by atoms with van der Waals surface area (Å²) < 4.78 is 73.0. The predicted octanol–water partition coefficient (Wildman–Crippen LogP) is 3.01. The van der Waals surface area contributed by atoms with Crippen LogP contribution in [-0.4, -0.2) is 92.5 Å². The molecule has 20 heteroatoms. The van der Waals surface area contributed by atoms with Crippen LogP contribution < -0.4 is 26.2 Å². The molecule has 0 spiro atoms. The topological polar surface area (TPSA) is 191 Å². The SMILES string of the molecule is COc1c2n(cc(C(=O)NCc3ccc(F)cc3F)c1=O)C[C@@H]1OCC[C@@H](C)N1C2=O.C[C@@H]1CCO[C@H]2Cn3cc(C(=O)NCc4ccc(F)cc4F)c(=O)c(O)c3C(=O)N12. The van der Waals surface area contributed by atoms with Crippen LogP contribution in [0, 0.1) is 23.3 Å². The highest BCUT2D eigenvalue weighted by Gasteiger charge is 2.42. The molecule has 2 aromatic carbocycles. The Kier molecular flexibility index (Phi) is 12.0. The Morgan fingerprint density at radius 2 is 1.16 bits per heavy atom. The van der Waals surface area contributed by atoms with Gasteiger partial charge < -0.3 is 48.9 Å². The number of methoxy groups -OCH3 is 1. The van der Waals surface area contributed by atoms with Crippen molar-refractivity contribution >= 4 is 23.6 Å². The third-order valence-corrected chi connectivity index (χ3v) is 10.9. The van der Waals surface area contributed by atoms with Gasteiger partial charge in [0.05, 0.1) is 33.4 Å². The first-order chi connectivity index (χ1) is 29.1. The fourth-order valence-electron chi connectivity index (χ4n) is 7.69. The lowest BCUT2D eigenvalue weighted by Crippen LogP contribution is -2.57. The van der Waals surface area contributed by atoms with Gasteiger partial charge in [0.25, 0.3) is 23.6 Å². The van der Waals surface area contributed by atoms with Gasteiger partial charge in [-0.25, -0.2) is 17.6 Å². The summed E-state index contributed by atoms with van der Waals surface area (Å²) >= 11 is 0. The van der Waals surface area contributed by atoms with E-state index in [1.54, 1.807) is 4.90 Å². The molecule has 4 atom stereocenters. The molecule has 3 N–H and O–H groups in total. The van der Waals surface area contributed by atoms with E-state index in [1.807, 2.05) is 13.8 Å². The Hall–Kier alpha value is -6.54. The molecule has 322 valence electrons. The maximum absolute atomic E-state index is 13.8. The van der Waals surface area contributed by atoms with Gasteiger partial charge in [-0.1, -0.05) is 12.1 Å². The minimum absolute atomic E-state index is 0.0300. The summed E-state index contributed by atoms with van der Waals surface area (Å²) in [5.74, 6) is -6.77. The van der Waals surface area contributed by atoms with Gasteiger partial charge in [-0.3, -0.25) is 28.8 Å². The van der Waals surface area contributed by atoms with Crippen LogP contribution in [0.15, 0.2) is 58.4 Å². The molecule has 4 amide bonds. The number of nitrogens with zero attached hydrogens (tertiary/aromatic N) is 4. The normalized spacial score (nSPS) is 20.3. The van der Waals surface area contributed by atoms with Gasteiger partial charge >= 0.3 is 0 Å². The Morgan fingerprint density at radius 1 is 0.721 bits per heavy atom. The standard InChI is InChI=1S/C21H21F2N3O5.C20H19F2N3O5/c1-11-5-6-31-16-10-25-9-14(18(27)19(30-2)17(25)21(29)26(11)16)20(28)24-8-12-3-4-13(22)7-15(12)23;1-10-4-5-30-15-9-24-8-13(17(26)18(27)16(24)20(29)25(10)15)19(28)23-7-11-2-3-12(21)6-14(11)22/h3-4,7,9,11,16H,5-6,8,10H2,1-2H3,(H,24,28);2-3,6,8,10,15,27H,4-5,7,9H2,1H3,(H,23,28)/t11-,16+;10-,15+/m11/s1. The van der Waals surface area contributed by atoms with Crippen LogP contribution >= 0.6 is 0 Å². The molecular formula is C41H40F4N6O10. The molecule has 0 saturated carbocycles. The van der Waals surface area contributed by atoms with Gasteiger partial charge in [0.15, 0.2) is 35.3 Å². The third-order valence-electron chi connectivity index (χ3n) is 10.9. The van der Waals surface area contributed by atoms with Gasteiger partial charge in [-0.15, -0.1) is 0 Å². The number of rotatable bonds is 7. The molecule has 8 rings (SSSR count). The van der Waals surface area contributed by atoms with E-state index in [0.29, 0.717) is 38.2 Å². The van der Waals surface area contributed by atoms with Crippen LogP contribution in [0.2, 0.25) is 0 Å². The molecule has 2 saturated heterocycles. The van der Waals surface area contributed by atoms with Crippen LogP contribution in [0.5, 0.6) is 11.5 Å². The van der Waals surface area contributed by atoms with Crippen molar-refractivity contribution in [3.05, 3.63) is 126 Å². The molecule has 61 heavy (non-hydrogen) atoms. The molecule has 4 aliphatic rings. The molecule has 16 nitrogen and oxygen atoms in total. The molecule has 4 aliphatic heterocycles. The van der Waals surface area contributed by atoms with Crippen molar-refractivity contribution < 1.29 is 56.1 Å². The fourth-order valence-corrected chi connectivity index (χ4v) is 7.69. The van der Waals surface area contributed by atoms with Crippen LogP contribution in [0.4, 0.5) is 17.6 Å². The predicted molar refractivity (Wildman–Crippen MR) is 205 cm³/mol. The number of pyridine rings is 2. The maximum Gasteiger partial charge on any atom is 0.276 e. The van der Waals surface area contributed by atoms with Crippen molar-refractivity contribution in [1.29, 1.82) is 0 Å². The van der Waals surface area contributed by atoms with Crippen molar-refractivity contribution in [1.82, 2.24) is 29.6 Å². The van der Waals surface area contributed by atoms with Crippen LogP contribution in [0.1, 0.15) is 79.5 Å². The molecule has 2 fully saturated rings. The summed E-state index contributed by atoms with van der Waals surface area (Å²) in [4.78, 5) is 79.6. The molecule has 0 unspecified atom stereocenters. The first kappa shape index (κ1) is 42.6. The summed E-state index contributed by atoms with van der Waals surface area (Å²) in [6.45, 7) is 4.57. The number of ether oxygens (including phenoxy) is 3. The van der Waals surface area contributed by atoms with E-state index in [4.69, 9.17) is 14.2 Å². The van der Waals surface area contributed by atoms with Crippen molar-refractivity contribution in [2.24, 2.45) is 0 Å². The largest absolute Gasteiger partial charge is 0.503 e. The number of hydrogen-bond acceptors (Lipinski definition) is 10. The first-order valence-corrected chi connectivity index (χ1v) is 19.2. The van der Waals surface area contributed by atoms with E-state index in [0.717, 1.165) is 12.1 Å². The highest BCUT2D eigenvalue weighted by molar-refractivity contribution is 6.00. The quantitative estimate of drug-likeness (QED) is 0.233. The number of carbonyl (C=O) groups is 4. The second-order valence-corrected chi connectivity index (χ2v) is 14.8. The smallest absolute Gasteiger partial charge is 0.276 e. The van der Waals surface area contributed by atoms with E-state index >= 15 is 0 Å². The lowest BCUT2D eigenvalue weighted by molar-refractivity contribution is -0.112. The Labute approximate surface area is 344 Å². The summed E-state index contributed by atoms with van der Waals surface area (Å²) in [7, 11) is 1.25. The van der Waals surface area contributed by atoms with Gasteiger partial charge in [0.2, 0.25) is 10.9 Å². The highest BCUT2D eigenvalue weighted by atomic mass is 19.1. The summed E-state index contributed by atoms with van der Waals surface area (Å²) in [5.41, 5.74) is -2.45. The van der Waals surface area contributed by atoms with Crippen molar-refractivity contribution in [3.63, 3.8) is 0 Å². The molecule has 0 aliphatic carbocycles. The minimum atomic E-state index is -1.00. The van der Waals surface area contributed by atoms with E-state index in [-0.39, 0.29) is 72.1 Å². The van der Waals surface area contributed by atoms with Crippen molar-refractivity contribution in [3.8, 4) is 11.5 Å². The number of halogens is 4. The molecule has 4 aromatic rings. The number of hydrogen-bond donors (Lipinski definition) is 3. The van der Waals surface area contributed by atoms with E-state index in [1.165, 1.54) is 45.7 Å². The third kappa shape index (κ3) is 8.19.